The third-order valence-electron chi connectivity index (χ3n) is 3.72. The molecule has 1 fully saturated rings. The maximum Gasteiger partial charge on any atom is 0.218 e. The highest BCUT2D eigenvalue weighted by atomic mass is 16.5. The molecule has 1 saturated heterocycles. The van der Waals surface area contributed by atoms with Crippen molar-refractivity contribution in [2.45, 2.75) is 0 Å². The van der Waals surface area contributed by atoms with Crippen LogP contribution in [-0.2, 0) is 0 Å². The van der Waals surface area contributed by atoms with E-state index < -0.39 is 0 Å². The summed E-state index contributed by atoms with van der Waals surface area (Å²) < 4.78 is 5.46. The van der Waals surface area contributed by atoms with E-state index in [-0.39, 0.29) is 0 Å². The molecule has 1 aliphatic heterocycles. The van der Waals surface area contributed by atoms with Crippen LogP contribution in [0.25, 0.3) is 0 Å². The van der Waals surface area contributed by atoms with Gasteiger partial charge in [0, 0.05) is 44.5 Å². The zero-order chi connectivity index (χ0) is 15.2. The molecule has 22 heavy (non-hydrogen) atoms. The molecule has 1 aliphatic rings. The SMILES string of the molecule is NCCOc1cc(N2CCN(c3ccccc3)CC2)ncn1. The van der Waals surface area contributed by atoms with E-state index in [9.17, 15) is 0 Å². The summed E-state index contributed by atoms with van der Waals surface area (Å²) >= 11 is 0. The number of aromatic nitrogens is 2. The van der Waals surface area contributed by atoms with Gasteiger partial charge in [0.2, 0.25) is 5.88 Å². The van der Waals surface area contributed by atoms with Gasteiger partial charge in [0.05, 0.1) is 0 Å². The van der Waals surface area contributed by atoms with E-state index >= 15 is 0 Å². The molecule has 116 valence electrons. The van der Waals surface area contributed by atoms with Crippen molar-refractivity contribution < 1.29 is 4.74 Å². The number of ether oxygens (including phenoxy) is 1. The van der Waals surface area contributed by atoms with Gasteiger partial charge in [-0.05, 0) is 12.1 Å². The molecule has 0 spiro atoms. The van der Waals surface area contributed by atoms with Crippen LogP contribution in [-0.4, -0.2) is 49.3 Å². The highest BCUT2D eigenvalue weighted by Gasteiger charge is 2.18. The molecule has 1 aromatic carbocycles. The molecule has 6 heteroatoms. The standard InChI is InChI=1S/C16H21N5O/c17-6-11-22-16-12-15(18-13-19-16)21-9-7-20(8-10-21)14-4-2-1-3-5-14/h1-5,12-13H,6-11,17H2. The van der Waals surface area contributed by atoms with E-state index in [0.717, 1.165) is 32.0 Å². The molecule has 1 aromatic heterocycles. The molecule has 6 nitrogen and oxygen atoms in total. The second-order valence-electron chi connectivity index (χ2n) is 5.16. The van der Waals surface area contributed by atoms with Crippen molar-refractivity contribution in [2.75, 3.05) is 49.1 Å². The van der Waals surface area contributed by atoms with E-state index in [2.05, 4.69) is 44.0 Å². The smallest absolute Gasteiger partial charge is 0.218 e. The summed E-state index contributed by atoms with van der Waals surface area (Å²) in [5.74, 6) is 1.50. The number of para-hydroxylation sites is 1. The van der Waals surface area contributed by atoms with E-state index in [0.29, 0.717) is 19.0 Å². The second kappa shape index (κ2) is 7.09. The van der Waals surface area contributed by atoms with Gasteiger partial charge in [-0.15, -0.1) is 0 Å². The van der Waals surface area contributed by atoms with Gasteiger partial charge in [-0.25, -0.2) is 9.97 Å². The van der Waals surface area contributed by atoms with Gasteiger partial charge in [0.1, 0.15) is 18.8 Å². The van der Waals surface area contributed by atoms with Crippen molar-refractivity contribution >= 4 is 11.5 Å². The predicted molar refractivity (Wildman–Crippen MR) is 87.4 cm³/mol. The fraction of sp³-hybridized carbons (Fsp3) is 0.375. The fourth-order valence-corrected chi connectivity index (χ4v) is 2.58. The molecule has 0 atom stereocenters. The lowest BCUT2D eigenvalue weighted by Gasteiger charge is -2.36. The molecular formula is C16H21N5O. The third-order valence-corrected chi connectivity index (χ3v) is 3.72. The van der Waals surface area contributed by atoms with Crippen molar-refractivity contribution in [1.82, 2.24) is 9.97 Å². The molecule has 3 rings (SSSR count). The molecule has 0 saturated carbocycles. The molecule has 2 aromatic rings. The van der Waals surface area contributed by atoms with Crippen LogP contribution in [0.15, 0.2) is 42.7 Å². The average Bonchev–Trinajstić information content (AvgIpc) is 2.61. The highest BCUT2D eigenvalue weighted by molar-refractivity contribution is 5.49. The third kappa shape index (κ3) is 3.46. The van der Waals surface area contributed by atoms with Crippen LogP contribution in [0.4, 0.5) is 11.5 Å². The highest BCUT2D eigenvalue weighted by Crippen LogP contribution is 2.20. The second-order valence-corrected chi connectivity index (χ2v) is 5.16. The van der Waals surface area contributed by atoms with E-state index in [1.165, 1.54) is 5.69 Å². The van der Waals surface area contributed by atoms with Crippen molar-refractivity contribution in [3.05, 3.63) is 42.7 Å². The number of nitrogens with two attached hydrogens (primary N) is 1. The number of piperazine rings is 1. The molecular weight excluding hydrogens is 278 g/mol. The molecule has 2 N–H and O–H groups in total. The first kappa shape index (κ1) is 14.6. The van der Waals surface area contributed by atoms with Crippen LogP contribution in [0.5, 0.6) is 5.88 Å². The summed E-state index contributed by atoms with van der Waals surface area (Å²) in [4.78, 5) is 13.1. The van der Waals surface area contributed by atoms with Crippen molar-refractivity contribution in [3.63, 3.8) is 0 Å². The van der Waals surface area contributed by atoms with Gasteiger partial charge in [0.25, 0.3) is 0 Å². The molecule has 0 aliphatic carbocycles. The van der Waals surface area contributed by atoms with Gasteiger partial charge in [-0.3, -0.25) is 0 Å². The number of nitrogens with zero attached hydrogens (tertiary/aromatic N) is 4. The number of hydrogen-bond acceptors (Lipinski definition) is 6. The zero-order valence-corrected chi connectivity index (χ0v) is 12.6. The number of hydrogen-bond donors (Lipinski definition) is 1. The van der Waals surface area contributed by atoms with Crippen LogP contribution < -0.4 is 20.3 Å². The maximum atomic E-state index is 5.46. The minimum atomic E-state index is 0.470. The Kier molecular flexibility index (Phi) is 4.70. The van der Waals surface area contributed by atoms with Crippen molar-refractivity contribution in [3.8, 4) is 5.88 Å². The molecule has 0 radical (unpaired) electrons. The normalized spacial score (nSPS) is 15.0. The maximum absolute atomic E-state index is 5.46. The molecule has 0 bridgehead atoms. The van der Waals surface area contributed by atoms with Crippen LogP contribution in [0.2, 0.25) is 0 Å². The lowest BCUT2D eigenvalue weighted by atomic mass is 10.2. The van der Waals surface area contributed by atoms with Gasteiger partial charge < -0.3 is 20.3 Å². The summed E-state index contributed by atoms with van der Waals surface area (Å²) in [5, 5.41) is 0. The molecule has 2 heterocycles. The Morgan fingerprint density at radius 2 is 1.73 bits per heavy atom. The monoisotopic (exact) mass is 299 g/mol. The first-order chi connectivity index (χ1) is 10.9. The Morgan fingerprint density at radius 3 is 2.45 bits per heavy atom. The first-order valence-corrected chi connectivity index (χ1v) is 7.56. The van der Waals surface area contributed by atoms with Crippen LogP contribution in [0, 0.1) is 0 Å². The largest absolute Gasteiger partial charge is 0.476 e. The number of anilines is 2. The summed E-state index contributed by atoms with van der Waals surface area (Å²) in [5.41, 5.74) is 6.72. The van der Waals surface area contributed by atoms with E-state index in [4.69, 9.17) is 10.5 Å². The Bertz CT molecular complexity index is 584. The van der Waals surface area contributed by atoms with Crippen LogP contribution in [0.1, 0.15) is 0 Å². The first-order valence-electron chi connectivity index (χ1n) is 7.56. The minimum Gasteiger partial charge on any atom is -0.476 e. The van der Waals surface area contributed by atoms with E-state index in [1.54, 1.807) is 6.33 Å². The molecule has 0 unspecified atom stereocenters. The van der Waals surface area contributed by atoms with Gasteiger partial charge in [0.15, 0.2) is 0 Å². The Labute approximate surface area is 130 Å². The molecule has 0 amide bonds. The fourth-order valence-electron chi connectivity index (χ4n) is 2.58. The minimum absolute atomic E-state index is 0.470. The quantitative estimate of drug-likeness (QED) is 0.893. The summed E-state index contributed by atoms with van der Waals surface area (Å²) in [6.07, 6.45) is 1.55. The summed E-state index contributed by atoms with van der Waals surface area (Å²) in [6, 6.07) is 12.4. The van der Waals surface area contributed by atoms with Gasteiger partial charge in [-0.1, -0.05) is 18.2 Å². The number of benzene rings is 1. The Balaban J connectivity index is 1.61. The van der Waals surface area contributed by atoms with Crippen molar-refractivity contribution in [1.29, 1.82) is 0 Å². The van der Waals surface area contributed by atoms with E-state index in [1.807, 2.05) is 12.1 Å². The van der Waals surface area contributed by atoms with Crippen LogP contribution >= 0.6 is 0 Å². The topological polar surface area (TPSA) is 67.5 Å². The lowest BCUT2D eigenvalue weighted by molar-refractivity contribution is 0.315. The summed E-state index contributed by atoms with van der Waals surface area (Å²) in [7, 11) is 0. The lowest BCUT2D eigenvalue weighted by Crippen LogP contribution is -2.46. The average molecular weight is 299 g/mol. The van der Waals surface area contributed by atoms with Gasteiger partial charge in [-0.2, -0.15) is 0 Å². The Hall–Kier alpha value is -2.34. The predicted octanol–water partition coefficient (Wildman–Crippen LogP) is 1.14. The Morgan fingerprint density at radius 1 is 1.00 bits per heavy atom. The zero-order valence-electron chi connectivity index (χ0n) is 12.6. The van der Waals surface area contributed by atoms with Crippen molar-refractivity contribution in [2.24, 2.45) is 5.73 Å². The number of rotatable bonds is 5. The van der Waals surface area contributed by atoms with Crippen LogP contribution in [0.3, 0.4) is 0 Å². The van der Waals surface area contributed by atoms with Gasteiger partial charge >= 0.3 is 0 Å². The summed E-state index contributed by atoms with van der Waals surface area (Å²) in [6.45, 7) is 4.78.